The summed E-state index contributed by atoms with van der Waals surface area (Å²) < 4.78 is 9.72. The van der Waals surface area contributed by atoms with Crippen molar-refractivity contribution in [1.82, 2.24) is 5.32 Å². The van der Waals surface area contributed by atoms with Crippen molar-refractivity contribution in [3.8, 4) is 0 Å². The number of aryl methyl sites for hydroxylation is 3. The third-order valence-electron chi connectivity index (χ3n) is 3.90. The smallest absolute Gasteiger partial charge is 0.349 e. The molecule has 0 bridgehead atoms. The highest BCUT2D eigenvalue weighted by Crippen LogP contribution is 2.11. The molecule has 1 atom stereocenters. The zero-order chi connectivity index (χ0) is 19.1. The Kier molecular flexibility index (Phi) is 6.68. The number of nitrogens with one attached hydrogen (secondary N) is 1. The molecule has 7 nitrogen and oxygen atoms in total. The summed E-state index contributed by atoms with van der Waals surface area (Å²) in [5.41, 5.74) is 0.560. The number of aliphatic hydroxyl groups is 1. The Morgan fingerprint density at radius 2 is 1.92 bits per heavy atom. The molecule has 0 aliphatic rings. The van der Waals surface area contributed by atoms with Gasteiger partial charge in [0.15, 0.2) is 6.04 Å². The second-order valence-corrected chi connectivity index (χ2v) is 5.78. The zero-order valence-corrected chi connectivity index (χ0v) is 14.7. The molecule has 0 radical (unpaired) electrons. The Labute approximate surface area is 150 Å². The van der Waals surface area contributed by atoms with Crippen LogP contribution in [0.1, 0.15) is 27.2 Å². The Morgan fingerprint density at radius 1 is 1.23 bits per heavy atom. The summed E-state index contributed by atoms with van der Waals surface area (Å²) in [6, 6.07) is 10.1. The molecule has 1 aromatic carbocycles. The van der Waals surface area contributed by atoms with Gasteiger partial charge in [-0.25, -0.2) is 9.59 Å². The first-order valence-corrected chi connectivity index (χ1v) is 8.13. The lowest BCUT2D eigenvalue weighted by atomic mass is 10.1. The summed E-state index contributed by atoms with van der Waals surface area (Å²) >= 11 is 0. The van der Waals surface area contributed by atoms with Crippen LogP contribution in [0, 0.1) is 6.92 Å². The van der Waals surface area contributed by atoms with Gasteiger partial charge in [0.2, 0.25) is 0 Å². The molecule has 0 saturated heterocycles. The third kappa shape index (κ3) is 4.80. The molecule has 2 N–H and O–H groups in total. The van der Waals surface area contributed by atoms with Gasteiger partial charge in [-0.05, 0) is 30.5 Å². The Bertz CT molecular complexity index is 828. The number of aliphatic hydroxyl groups excluding tert-OH is 1. The van der Waals surface area contributed by atoms with Gasteiger partial charge in [-0.15, -0.1) is 0 Å². The van der Waals surface area contributed by atoms with Crippen LogP contribution >= 0.6 is 0 Å². The summed E-state index contributed by atoms with van der Waals surface area (Å²) in [7, 11) is 1.14. The Hall–Kier alpha value is -2.93. The van der Waals surface area contributed by atoms with Crippen LogP contribution in [-0.4, -0.2) is 36.7 Å². The molecule has 1 amide bonds. The van der Waals surface area contributed by atoms with Crippen molar-refractivity contribution in [2.45, 2.75) is 25.8 Å². The van der Waals surface area contributed by atoms with Gasteiger partial charge in [-0.3, -0.25) is 4.79 Å². The fourth-order valence-corrected chi connectivity index (χ4v) is 2.53. The molecule has 1 aromatic heterocycles. The van der Waals surface area contributed by atoms with Crippen LogP contribution in [0.15, 0.2) is 45.6 Å². The predicted octanol–water partition coefficient (Wildman–Crippen LogP) is 0.997. The number of esters is 1. The van der Waals surface area contributed by atoms with Gasteiger partial charge < -0.3 is 19.6 Å². The van der Waals surface area contributed by atoms with Crippen molar-refractivity contribution in [2.24, 2.45) is 0 Å². The van der Waals surface area contributed by atoms with Crippen molar-refractivity contribution >= 4 is 11.9 Å². The minimum absolute atomic E-state index is 0.198. The van der Waals surface area contributed by atoms with E-state index in [1.54, 1.807) is 13.0 Å². The van der Waals surface area contributed by atoms with Gasteiger partial charge in [-0.1, -0.05) is 30.3 Å². The maximum atomic E-state index is 12.3. The van der Waals surface area contributed by atoms with E-state index in [4.69, 9.17) is 9.52 Å². The fourth-order valence-electron chi connectivity index (χ4n) is 2.53. The first kappa shape index (κ1) is 19.4. The number of benzene rings is 1. The minimum atomic E-state index is -1.25. The molecule has 2 aromatic rings. The van der Waals surface area contributed by atoms with E-state index >= 15 is 0 Å². The summed E-state index contributed by atoms with van der Waals surface area (Å²) in [4.78, 5) is 35.9. The van der Waals surface area contributed by atoms with Crippen LogP contribution in [0.2, 0.25) is 0 Å². The molecule has 1 heterocycles. The van der Waals surface area contributed by atoms with E-state index in [-0.39, 0.29) is 5.56 Å². The molecule has 26 heavy (non-hydrogen) atoms. The lowest BCUT2D eigenvalue weighted by Crippen LogP contribution is -2.45. The van der Waals surface area contributed by atoms with Gasteiger partial charge in [0, 0.05) is 6.42 Å². The van der Waals surface area contributed by atoms with Gasteiger partial charge in [0.1, 0.15) is 11.3 Å². The number of methoxy groups -OCH3 is 1. The van der Waals surface area contributed by atoms with Crippen molar-refractivity contribution in [3.05, 3.63) is 69.3 Å². The highest BCUT2D eigenvalue weighted by Gasteiger charge is 2.24. The van der Waals surface area contributed by atoms with Gasteiger partial charge in [0.25, 0.3) is 5.91 Å². The van der Waals surface area contributed by atoms with Crippen molar-refractivity contribution < 1.29 is 23.8 Å². The van der Waals surface area contributed by atoms with Crippen LogP contribution in [0.3, 0.4) is 0 Å². The van der Waals surface area contributed by atoms with Crippen LogP contribution in [0.5, 0.6) is 0 Å². The van der Waals surface area contributed by atoms with Crippen LogP contribution < -0.4 is 10.9 Å². The molecule has 138 valence electrons. The van der Waals surface area contributed by atoms with E-state index in [2.05, 4.69) is 10.1 Å². The molecule has 7 heteroatoms. The van der Waals surface area contributed by atoms with Crippen LogP contribution in [0.4, 0.5) is 0 Å². The maximum absolute atomic E-state index is 12.3. The van der Waals surface area contributed by atoms with Crippen molar-refractivity contribution in [3.63, 3.8) is 0 Å². The van der Waals surface area contributed by atoms with Crippen molar-refractivity contribution in [2.75, 3.05) is 13.7 Å². The molecule has 0 aliphatic carbocycles. The summed E-state index contributed by atoms with van der Waals surface area (Å²) in [5.74, 6) is -1.13. The standard InChI is InChI=1S/C19H21NO6/c1-12-10-14(9-8-13-6-4-3-5-7-13)26-19(24)16(12)17(22)20-15(11-21)18(23)25-2/h3-7,10,15,21H,8-9,11H2,1-2H3,(H,20,22). The Balaban J connectivity index is 2.14. The predicted molar refractivity (Wildman–Crippen MR) is 93.9 cm³/mol. The molecular weight excluding hydrogens is 338 g/mol. The molecule has 0 spiro atoms. The molecule has 0 fully saturated rings. The van der Waals surface area contributed by atoms with Crippen molar-refractivity contribution in [1.29, 1.82) is 0 Å². The molecule has 0 aliphatic heterocycles. The third-order valence-corrected chi connectivity index (χ3v) is 3.90. The number of ether oxygens (including phenoxy) is 1. The fraction of sp³-hybridized carbons (Fsp3) is 0.316. The monoisotopic (exact) mass is 359 g/mol. The second kappa shape index (κ2) is 8.96. The molecular formula is C19H21NO6. The van der Waals surface area contributed by atoms with E-state index in [1.165, 1.54) is 0 Å². The number of rotatable bonds is 7. The lowest BCUT2D eigenvalue weighted by molar-refractivity contribution is -0.143. The normalized spacial score (nSPS) is 11.7. The average molecular weight is 359 g/mol. The van der Waals surface area contributed by atoms with Gasteiger partial charge >= 0.3 is 11.6 Å². The van der Waals surface area contributed by atoms with Crippen LogP contribution in [-0.2, 0) is 22.4 Å². The van der Waals surface area contributed by atoms with E-state index < -0.39 is 30.2 Å². The number of carbonyl (C=O) groups is 2. The second-order valence-electron chi connectivity index (χ2n) is 5.78. The number of hydrogen-bond acceptors (Lipinski definition) is 6. The minimum Gasteiger partial charge on any atom is -0.467 e. The number of carbonyl (C=O) groups excluding carboxylic acids is 2. The highest BCUT2D eigenvalue weighted by molar-refractivity contribution is 5.97. The molecule has 1 unspecified atom stereocenters. The average Bonchev–Trinajstić information content (AvgIpc) is 2.64. The first-order chi connectivity index (χ1) is 12.5. The SMILES string of the molecule is COC(=O)C(CO)NC(=O)c1c(C)cc(CCc2ccccc2)oc1=O. The van der Waals surface area contributed by atoms with Crippen LogP contribution in [0.25, 0.3) is 0 Å². The van der Waals surface area contributed by atoms with E-state index in [0.717, 1.165) is 12.7 Å². The Morgan fingerprint density at radius 3 is 2.50 bits per heavy atom. The van der Waals surface area contributed by atoms with Gasteiger partial charge in [-0.2, -0.15) is 0 Å². The lowest BCUT2D eigenvalue weighted by Gasteiger charge is -2.14. The first-order valence-electron chi connectivity index (χ1n) is 8.13. The number of amides is 1. The quantitative estimate of drug-likeness (QED) is 0.715. The summed E-state index contributed by atoms with van der Waals surface area (Å²) in [6.07, 6.45) is 1.22. The molecule has 0 saturated carbocycles. The number of hydrogen-bond donors (Lipinski definition) is 2. The molecule has 2 rings (SSSR count). The van der Waals surface area contributed by atoms with E-state index in [0.29, 0.717) is 24.2 Å². The largest absolute Gasteiger partial charge is 0.467 e. The zero-order valence-electron chi connectivity index (χ0n) is 14.7. The highest BCUT2D eigenvalue weighted by atomic mass is 16.5. The summed E-state index contributed by atoms with van der Waals surface area (Å²) in [6.45, 7) is 0.974. The van der Waals surface area contributed by atoms with E-state index in [9.17, 15) is 14.4 Å². The van der Waals surface area contributed by atoms with Gasteiger partial charge in [0.05, 0.1) is 13.7 Å². The van der Waals surface area contributed by atoms with E-state index in [1.807, 2.05) is 30.3 Å². The summed E-state index contributed by atoms with van der Waals surface area (Å²) in [5, 5.41) is 11.4. The topological polar surface area (TPSA) is 106 Å². The maximum Gasteiger partial charge on any atom is 0.349 e.